The van der Waals surface area contributed by atoms with Gasteiger partial charge in [0, 0.05) is 30.1 Å². The van der Waals surface area contributed by atoms with Crippen LogP contribution in [0, 0.1) is 11.8 Å². The predicted molar refractivity (Wildman–Crippen MR) is 174 cm³/mol. The van der Waals surface area contributed by atoms with Crippen molar-refractivity contribution < 1.29 is 38.3 Å². The number of aromatic nitrogens is 2. The summed E-state index contributed by atoms with van der Waals surface area (Å²) >= 11 is 0. The zero-order valence-electron chi connectivity index (χ0n) is 27.9. The van der Waals surface area contributed by atoms with Crippen LogP contribution in [0.1, 0.15) is 75.2 Å². The molecule has 15 heteroatoms. The smallest absolute Gasteiger partial charge is 0.411 e. The van der Waals surface area contributed by atoms with Gasteiger partial charge in [-0.3, -0.25) is 34.3 Å². The van der Waals surface area contributed by atoms with Crippen LogP contribution in [-0.4, -0.2) is 93.5 Å². The first-order chi connectivity index (χ1) is 22.7. The fourth-order valence-corrected chi connectivity index (χ4v) is 5.07. The Balaban J connectivity index is 1.79. The Morgan fingerprint density at radius 2 is 1.62 bits per heavy atom. The van der Waals surface area contributed by atoms with Gasteiger partial charge in [0.05, 0.1) is 18.8 Å². The second kappa shape index (κ2) is 17.1. The van der Waals surface area contributed by atoms with Crippen LogP contribution in [0.25, 0.3) is 0 Å². The van der Waals surface area contributed by atoms with E-state index < -0.39 is 65.9 Å². The molecule has 2 aromatic rings. The van der Waals surface area contributed by atoms with Gasteiger partial charge in [0.1, 0.15) is 36.2 Å². The molecule has 2 heterocycles. The Kier molecular flexibility index (Phi) is 13.3. The molecule has 0 radical (unpaired) electrons. The molecule has 1 aliphatic rings. The lowest BCUT2D eigenvalue weighted by Crippen LogP contribution is -2.59. The van der Waals surface area contributed by atoms with E-state index in [-0.39, 0.29) is 30.4 Å². The van der Waals surface area contributed by atoms with Crippen molar-refractivity contribution in [1.29, 1.82) is 0 Å². The number of anilines is 1. The van der Waals surface area contributed by atoms with Gasteiger partial charge in [-0.15, -0.1) is 0 Å². The number of nitrogens with zero attached hydrogens (tertiary/aromatic N) is 3. The highest BCUT2D eigenvalue weighted by Crippen LogP contribution is 2.24. The quantitative estimate of drug-likeness (QED) is 0.170. The lowest BCUT2D eigenvalue weighted by atomic mass is 9.98. The molecule has 48 heavy (non-hydrogen) atoms. The summed E-state index contributed by atoms with van der Waals surface area (Å²) < 4.78 is 5.58. The molecular weight excluding hydrogens is 622 g/mol. The summed E-state index contributed by atoms with van der Waals surface area (Å²) in [7, 11) is 0. The van der Waals surface area contributed by atoms with Crippen LogP contribution in [0.5, 0.6) is 0 Å². The number of rotatable bonds is 14. The van der Waals surface area contributed by atoms with Gasteiger partial charge in [-0.25, -0.2) is 9.78 Å². The number of hydrogen-bond donors (Lipinski definition) is 4. The molecule has 4 N–H and O–H groups in total. The van der Waals surface area contributed by atoms with E-state index in [1.807, 2.05) is 0 Å². The van der Waals surface area contributed by atoms with E-state index in [1.165, 1.54) is 30.4 Å². The van der Waals surface area contributed by atoms with Crippen LogP contribution in [0.4, 0.5) is 10.5 Å². The second-order valence-electron chi connectivity index (χ2n) is 12.2. The number of likely N-dealkylation sites (tertiary alicyclic amines) is 1. The highest BCUT2D eigenvalue weighted by Gasteiger charge is 2.45. The molecule has 0 saturated carbocycles. The van der Waals surface area contributed by atoms with Crippen LogP contribution < -0.4 is 21.3 Å². The zero-order chi connectivity index (χ0) is 35.5. The third-order valence-corrected chi connectivity index (χ3v) is 7.85. The molecule has 5 atom stereocenters. The number of amides is 5. The second-order valence-corrected chi connectivity index (χ2v) is 12.2. The highest BCUT2D eigenvalue weighted by atomic mass is 16.6. The van der Waals surface area contributed by atoms with Gasteiger partial charge in [-0.05, 0) is 49.4 Å². The largest absolute Gasteiger partial charge is 0.444 e. The van der Waals surface area contributed by atoms with Crippen LogP contribution in [0.3, 0.4) is 0 Å². The molecule has 258 valence electrons. The van der Waals surface area contributed by atoms with Gasteiger partial charge in [0.15, 0.2) is 5.78 Å². The monoisotopic (exact) mass is 665 g/mol. The number of carbonyl (C=O) groups is 7. The summed E-state index contributed by atoms with van der Waals surface area (Å²) in [6.07, 6.45) is 3.13. The molecule has 15 nitrogen and oxygen atoms in total. The Morgan fingerprint density at radius 1 is 0.958 bits per heavy atom. The van der Waals surface area contributed by atoms with Crippen molar-refractivity contribution in [3.8, 4) is 0 Å². The molecule has 1 saturated heterocycles. The molecule has 1 fully saturated rings. The highest BCUT2D eigenvalue weighted by molar-refractivity contribution is 5.98. The Bertz CT molecular complexity index is 1480. The average Bonchev–Trinajstić information content (AvgIpc) is 3.48. The molecule has 1 aromatic heterocycles. The van der Waals surface area contributed by atoms with Gasteiger partial charge in [-0.2, -0.15) is 0 Å². The van der Waals surface area contributed by atoms with E-state index in [1.54, 1.807) is 58.9 Å². The SMILES string of the molecule is CC[C@@H](C=O)NC(=O)[C@@H]1C[C@@H](OC(=O)Nc2ccc(C(C)=O)cc2)CN1C(=O)[C@@H](NC(=O)[C@@H](NC(=O)c1cnccn1)C(C)C)C(C)C. The van der Waals surface area contributed by atoms with Crippen LogP contribution in [0.15, 0.2) is 42.9 Å². The van der Waals surface area contributed by atoms with Crippen molar-refractivity contribution in [3.63, 3.8) is 0 Å². The van der Waals surface area contributed by atoms with E-state index in [0.29, 0.717) is 24.0 Å². The van der Waals surface area contributed by atoms with Crippen molar-refractivity contribution in [1.82, 2.24) is 30.8 Å². The van der Waals surface area contributed by atoms with Gasteiger partial charge in [-0.1, -0.05) is 34.6 Å². The first kappa shape index (κ1) is 37.2. The van der Waals surface area contributed by atoms with Crippen molar-refractivity contribution in [2.24, 2.45) is 11.8 Å². The number of hydrogen-bond acceptors (Lipinski definition) is 10. The van der Waals surface area contributed by atoms with Gasteiger partial charge in [0.25, 0.3) is 5.91 Å². The first-order valence-corrected chi connectivity index (χ1v) is 15.8. The average molecular weight is 666 g/mol. The third kappa shape index (κ3) is 9.89. The topological polar surface area (TPSA) is 206 Å². The fraction of sp³-hybridized carbons (Fsp3) is 0.485. The summed E-state index contributed by atoms with van der Waals surface area (Å²) in [5.41, 5.74) is 0.853. The zero-order valence-corrected chi connectivity index (χ0v) is 27.9. The van der Waals surface area contributed by atoms with E-state index in [9.17, 15) is 33.6 Å². The normalized spacial score (nSPS) is 17.5. The molecule has 0 unspecified atom stereocenters. The van der Waals surface area contributed by atoms with E-state index in [4.69, 9.17) is 4.74 Å². The minimum absolute atomic E-state index is 0.0159. The summed E-state index contributed by atoms with van der Waals surface area (Å²) in [6.45, 7) is 9.87. The number of carbonyl (C=O) groups excluding carboxylic acids is 7. The molecule has 0 spiro atoms. The van der Waals surface area contributed by atoms with Crippen LogP contribution >= 0.6 is 0 Å². The minimum Gasteiger partial charge on any atom is -0.444 e. The number of ether oxygens (including phenoxy) is 1. The Hall–Kier alpha value is -5.21. The molecule has 5 amide bonds. The van der Waals surface area contributed by atoms with Gasteiger partial charge >= 0.3 is 6.09 Å². The van der Waals surface area contributed by atoms with Crippen molar-refractivity contribution in [2.45, 2.75) is 84.7 Å². The molecule has 1 aromatic carbocycles. The summed E-state index contributed by atoms with van der Waals surface area (Å²) in [4.78, 5) is 98.6. The lowest BCUT2D eigenvalue weighted by molar-refractivity contribution is -0.143. The fourth-order valence-electron chi connectivity index (χ4n) is 5.07. The maximum absolute atomic E-state index is 14.1. The molecule has 3 rings (SSSR count). The summed E-state index contributed by atoms with van der Waals surface area (Å²) in [5, 5.41) is 10.6. The van der Waals surface area contributed by atoms with Gasteiger partial charge in [0.2, 0.25) is 17.7 Å². The maximum atomic E-state index is 14.1. The molecular formula is C33H43N7O8. The van der Waals surface area contributed by atoms with E-state index in [2.05, 4.69) is 31.2 Å². The standard InChI is InChI=1S/C33H43N7O8/c1-7-22(17-41)36-30(44)26-14-24(48-33(47)37-23-10-8-21(9-11-23)20(6)42)16-40(26)32(46)28(19(4)5)39-31(45)27(18(2)3)38-29(43)25-15-34-12-13-35-25/h8-13,15,17-19,22,24,26-28H,7,14,16H2,1-6H3,(H,36,44)(H,37,47)(H,38,43)(H,39,45)/t22-,24+,26-,27-,28-/m0/s1. The minimum atomic E-state index is -1.12. The molecule has 1 aliphatic heterocycles. The van der Waals surface area contributed by atoms with Crippen LogP contribution in [0.2, 0.25) is 0 Å². The number of aldehydes is 1. The van der Waals surface area contributed by atoms with E-state index >= 15 is 0 Å². The van der Waals surface area contributed by atoms with Crippen LogP contribution in [-0.2, 0) is 23.9 Å². The van der Waals surface area contributed by atoms with Crippen molar-refractivity contribution in [2.75, 3.05) is 11.9 Å². The number of benzene rings is 1. The van der Waals surface area contributed by atoms with Crippen molar-refractivity contribution >= 4 is 47.5 Å². The maximum Gasteiger partial charge on any atom is 0.411 e. The number of nitrogens with one attached hydrogen (secondary N) is 4. The van der Waals surface area contributed by atoms with Crippen molar-refractivity contribution in [3.05, 3.63) is 54.1 Å². The first-order valence-electron chi connectivity index (χ1n) is 15.8. The molecule has 0 bridgehead atoms. The Morgan fingerprint density at radius 3 is 2.17 bits per heavy atom. The third-order valence-electron chi connectivity index (χ3n) is 7.85. The number of ketones is 1. The lowest BCUT2D eigenvalue weighted by Gasteiger charge is -2.32. The summed E-state index contributed by atoms with van der Waals surface area (Å²) in [6, 6.07) is 2.12. The molecule has 0 aliphatic carbocycles. The van der Waals surface area contributed by atoms with Gasteiger partial charge < -0.3 is 30.4 Å². The number of Topliss-reactive ketones (excluding diaryl/α,β-unsaturated/α-hetero) is 1. The van der Waals surface area contributed by atoms with E-state index in [0.717, 1.165) is 0 Å². The Labute approximate surface area is 279 Å². The summed E-state index contributed by atoms with van der Waals surface area (Å²) in [5.74, 6) is -3.41. The predicted octanol–water partition coefficient (Wildman–Crippen LogP) is 1.89.